The monoisotopic (exact) mass is 297 g/mol. The Bertz CT molecular complexity index is 434. The van der Waals surface area contributed by atoms with E-state index in [1.165, 1.54) is 12.8 Å². The minimum atomic E-state index is -0.716. The molecular weight excluding hydrogens is 270 g/mol. The van der Waals surface area contributed by atoms with Crippen molar-refractivity contribution in [2.45, 2.75) is 71.9 Å². The van der Waals surface area contributed by atoms with Gasteiger partial charge in [0.1, 0.15) is 5.54 Å². The predicted molar refractivity (Wildman–Crippen MR) is 79.7 cm³/mol. The molecule has 0 aromatic carbocycles. The smallest absolute Gasteiger partial charge is 0.326 e. The highest BCUT2D eigenvalue weighted by atomic mass is 16.5. The Kier molecular flexibility index (Phi) is 7.36. The van der Waals surface area contributed by atoms with E-state index in [1.807, 2.05) is 13.8 Å². The number of aromatic nitrogens is 2. The number of unbranched alkanes of at least 4 members (excludes halogenated alkanes) is 3. The lowest BCUT2D eigenvalue weighted by Gasteiger charge is -2.28. The van der Waals surface area contributed by atoms with Gasteiger partial charge in [0.2, 0.25) is 11.8 Å². The first kappa shape index (κ1) is 17.6. The van der Waals surface area contributed by atoms with Crippen LogP contribution in [-0.2, 0) is 16.1 Å². The van der Waals surface area contributed by atoms with Crippen molar-refractivity contribution in [2.75, 3.05) is 6.61 Å². The quantitative estimate of drug-likeness (QED) is 0.528. The van der Waals surface area contributed by atoms with Gasteiger partial charge in [-0.2, -0.15) is 0 Å². The van der Waals surface area contributed by atoms with Crippen molar-refractivity contribution in [1.29, 1.82) is 0 Å². The van der Waals surface area contributed by atoms with Crippen molar-refractivity contribution in [2.24, 2.45) is 0 Å². The number of carbonyl (C=O) groups is 1. The molecule has 1 rings (SSSR count). The summed E-state index contributed by atoms with van der Waals surface area (Å²) in [6.07, 6.45) is 5.19. The fourth-order valence-corrected chi connectivity index (χ4v) is 2.14. The molecule has 1 aromatic rings. The first-order valence-electron chi connectivity index (χ1n) is 7.73. The Balaban J connectivity index is 2.59. The van der Waals surface area contributed by atoms with Crippen LogP contribution in [0.4, 0.5) is 0 Å². The molecule has 0 aliphatic rings. The van der Waals surface area contributed by atoms with E-state index in [-0.39, 0.29) is 5.97 Å². The molecule has 0 saturated heterocycles. The topological polar surface area (TPSA) is 77.3 Å². The van der Waals surface area contributed by atoms with Crippen molar-refractivity contribution in [3.8, 4) is 0 Å². The first-order valence-corrected chi connectivity index (χ1v) is 7.73. The maximum Gasteiger partial charge on any atom is 0.326 e. The number of esters is 1. The molecule has 0 aliphatic carbocycles. The third-order valence-electron chi connectivity index (χ3n) is 3.45. The number of nitrogens with zero attached hydrogens (tertiary/aromatic N) is 2. The van der Waals surface area contributed by atoms with Crippen LogP contribution in [-0.4, -0.2) is 28.3 Å². The van der Waals surface area contributed by atoms with Crippen LogP contribution in [0.2, 0.25) is 0 Å². The molecule has 1 aromatic heterocycles. The Morgan fingerprint density at radius 1 is 1.29 bits per heavy atom. The van der Waals surface area contributed by atoms with Gasteiger partial charge in [-0.3, -0.25) is 10.1 Å². The van der Waals surface area contributed by atoms with Crippen LogP contribution in [0.5, 0.6) is 0 Å². The Morgan fingerprint density at radius 3 is 2.62 bits per heavy atom. The van der Waals surface area contributed by atoms with E-state index in [0.29, 0.717) is 24.9 Å². The van der Waals surface area contributed by atoms with E-state index in [2.05, 4.69) is 22.4 Å². The van der Waals surface area contributed by atoms with Crippen molar-refractivity contribution < 1.29 is 13.9 Å². The molecule has 1 atom stereocenters. The number of ether oxygens (including phenoxy) is 1. The first-order chi connectivity index (χ1) is 10.0. The third-order valence-corrected chi connectivity index (χ3v) is 3.45. The van der Waals surface area contributed by atoms with Crippen LogP contribution >= 0.6 is 0 Å². The number of rotatable bonds is 10. The van der Waals surface area contributed by atoms with Gasteiger partial charge < -0.3 is 9.15 Å². The van der Waals surface area contributed by atoms with Crippen LogP contribution in [0, 0.1) is 6.92 Å². The van der Waals surface area contributed by atoms with Gasteiger partial charge >= 0.3 is 5.97 Å². The van der Waals surface area contributed by atoms with Crippen LogP contribution in [0.1, 0.15) is 64.7 Å². The lowest BCUT2D eigenvalue weighted by atomic mass is 9.94. The molecule has 0 radical (unpaired) electrons. The van der Waals surface area contributed by atoms with Crippen LogP contribution < -0.4 is 5.32 Å². The highest BCUT2D eigenvalue weighted by molar-refractivity contribution is 5.80. The van der Waals surface area contributed by atoms with Gasteiger partial charge in [-0.1, -0.05) is 32.6 Å². The second kappa shape index (κ2) is 8.77. The summed E-state index contributed by atoms with van der Waals surface area (Å²) in [5.41, 5.74) is -0.716. The molecule has 0 fully saturated rings. The standard InChI is InChI=1S/C15H27N3O3/c1-5-7-8-9-10-15(4,14(19)20-6-2)16-11-13-18-17-12(3)21-13/h16H,5-11H2,1-4H3/t15-/m1/s1. The number of carbonyl (C=O) groups excluding carboxylic acids is 1. The summed E-state index contributed by atoms with van der Waals surface area (Å²) in [5.74, 6) is 0.780. The molecular formula is C15H27N3O3. The summed E-state index contributed by atoms with van der Waals surface area (Å²) >= 11 is 0. The third kappa shape index (κ3) is 5.83. The minimum Gasteiger partial charge on any atom is -0.465 e. The second-order valence-corrected chi connectivity index (χ2v) is 5.43. The number of hydrogen-bond acceptors (Lipinski definition) is 6. The number of hydrogen-bond donors (Lipinski definition) is 1. The Morgan fingerprint density at radius 2 is 2.05 bits per heavy atom. The van der Waals surface area contributed by atoms with Crippen molar-refractivity contribution in [1.82, 2.24) is 15.5 Å². The molecule has 0 spiro atoms. The molecule has 0 amide bonds. The molecule has 6 heteroatoms. The highest BCUT2D eigenvalue weighted by Crippen LogP contribution is 2.18. The summed E-state index contributed by atoms with van der Waals surface area (Å²) < 4.78 is 10.5. The van der Waals surface area contributed by atoms with Crippen LogP contribution in [0.25, 0.3) is 0 Å². The van der Waals surface area contributed by atoms with E-state index in [9.17, 15) is 4.79 Å². The zero-order valence-electron chi connectivity index (χ0n) is 13.6. The van der Waals surface area contributed by atoms with Gasteiger partial charge in [0, 0.05) is 6.92 Å². The minimum absolute atomic E-state index is 0.224. The summed E-state index contributed by atoms with van der Waals surface area (Å²) in [6.45, 7) is 8.35. The molecule has 120 valence electrons. The van der Waals surface area contributed by atoms with Crippen molar-refractivity contribution in [3.05, 3.63) is 11.8 Å². The van der Waals surface area contributed by atoms with E-state index < -0.39 is 5.54 Å². The lowest BCUT2D eigenvalue weighted by Crippen LogP contribution is -2.50. The largest absolute Gasteiger partial charge is 0.465 e. The van der Waals surface area contributed by atoms with Gasteiger partial charge in [-0.05, 0) is 20.3 Å². The fourth-order valence-electron chi connectivity index (χ4n) is 2.14. The van der Waals surface area contributed by atoms with Gasteiger partial charge in [0.25, 0.3) is 0 Å². The van der Waals surface area contributed by atoms with Crippen molar-refractivity contribution in [3.63, 3.8) is 0 Å². The average Bonchev–Trinajstić information content (AvgIpc) is 2.87. The van der Waals surface area contributed by atoms with E-state index >= 15 is 0 Å². The SMILES string of the molecule is CCCCCC[C@@](C)(NCc1nnc(C)o1)C(=O)OCC. The lowest BCUT2D eigenvalue weighted by molar-refractivity contribution is -0.151. The molecule has 1 N–H and O–H groups in total. The van der Waals surface area contributed by atoms with Gasteiger partial charge in [-0.25, -0.2) is 0 Å². The van der Waals surface area contributed by atoms with E-state index in [0.717, 1.165) is 19.3 Å². The number of aryl methyl sites for hydroxylation is 1. The van der Waals surface area contributed by atoms with E-state index in [1.54, 1.807) is 6.92 Å². The summed E-state index contributed by atoms with van der Waals surface area (Å²) in [6, 6.07) is 0. The zero-order chi connectivity index (χ0) is 15.7. The second-order valence-electron chi connectivity index (χ2n) is 5.43. The normalized spacial score (nSPS) is 13.9. The summed E-state index contributed by atoms with van der Waals surface area (Å²) in [7, 11) is 0. The summed E-state index contributed by atoms with van der Waals surface area (Å²) in [5, 5.41) is 10.9. The van der Waals surface area contributed by atoms with Gasteiger partial charge in [-0.15, -0.1) is 10.2 Å². The molecule has 6 nitrogen and oxygen atoms in total. The maximum atomic E-state index is 12.2. The van der Waals surface area contributed by atoms with E-state index in [4.69, 9.17) is 9.15 Å². The number of nitrogens with one attached hydrogen (secondary N) is 1. The molecule has 0 bridgehead atoms. The predicted octanol–water partition coefficient (Wildman–Crippen LogP) is 2.76. The fraction of sp³-hybridized carbons (Fsp3) is 0.800. The van der Waals surface area contributed by atoms with Gasteiger partial charge in [0.05, 0.1) is 13.2 Å². The average molecular weight is 297 g/mol. The maximum absolute atomic E-state index is 12.2. The molecule has 21 heavy (non-hydrogen) atoms. The Hall–Kier alpha value is -1.43. The molecule has 1 heterocycles. The molecule has 0 unspecified atom stereocenters. The van der Waals surface area contributed by atoms with Crippen LogP contribution in [0.15, 0.2) is 4.42 Å². The highest BCUT2D eigenvalue weighted by Gasteiger charge is 2.34. The summed E-state index contributed by atoms with van der Waals surface area (Å²) in [4.78, 5) is 12.2. The van der Waals surface area contributed by atoms with Gasteiger partial charge in [0.15, 0.2) is 0 Å². The molecule has 0 saturated carbocycles. The van der Waals surface area contributed by atoms with Crippen LogP contribution in [0.3, 0.4) is 0 Å². The molecule has 0 aliphatic heterocycles. The Labute approximate surface area is 126 Å². The van der Waals surface area contributed by atoms with Crippen molar-refractivity contribution >= 4 is 5.97 Å². The zero-order valence-corrected chi connectivity index (χ0v) is 13.6.